The van der Waals surface area contributed by atoms with Crippen molar-refractivity contribution in [1.29, 1.82) is 0 Å². The van der Waals surface area contributed by atoms with E-state index in [-0.39, 0.29) is 0 Å². The quantitative estimate of drug-likeness (QED) is 0.140. The van der Waals surface area contributed by atoms with Crippen molar-refractivity contribution in [2.45, 2.75) is 6.42 Å². The number of halogens is 1. The van der Waals surface area contributed by atoms with Gasteiger partial charge in [-0.25, -0.2) is 0 Å². The summed E-state index contributed by atoms with van der Waals surface area (Å²) in [5.41, 5.74) is 23.6. The summed E-state index contributed by atoms with van der Waals surface area (Å²) in [6.07, 6.45) is 1.03. The van der Waals surface area contributed by atoms with Crippen LogP contribution in [-0.4, -0.2) is 8.80 Å². The molecule has 0 N–H and O–H groups in total. The van der Waals surface area contributed by atoms with Crippen molar-refractivity contribution in [3.63, 3.8) is 0 Å². The molecule has 0 saturated carbocycles. The van der Waals surface area contributed by atoms with E-state index in [1.165, 1.54) is 132 Å². The van der Waals surface area contributed by atoms with Gasteiger partial charge in [0.1, 0.15) is 0 Å². The number of aromatic nitrogens is 2. The number of anilines is 3. The van der Waals surface area contributed by atoms with Crippen LogP contribution < -0.4 is 4.90 Å². The lowest BCUT2D eigenvalue weighted by Gasteiger charge is -2.25. The average molecular weight is 1200 g/mol. The normalized spacial score (nSPS) is 11.5. The zero-order valence-corrected chi connectivity index (χ0v) is 50.3. The molecule has 0 bridgehead atoms. The van der Waals surface area contributed by atoms with Crippen molar-refractivity contribution >= 4 is 109 Å². The summed E-state index contributed by atoms with van der Waals surface area (Å²) >= 11 is 3.57. The minimum Gasteiger partial charge on any atom is -0.310 e. The molecule has 0 amide bonds. The third kappa shape index (κ3) is 9.90. The molecule has 0 aliphatic heterocycles. The van der Waals surface area contributed by atoms with Crippen molar-refractivity contribution in [2.24, 2.45) is 0 Å². The summed E-state index contributed by atoms with van der Waals surface area (Å²) in [7, 11) is 0. The van der Waals surface area contributed by atoms with Crippen molar-refractivity contribution in [2.75, 3.05) is 4.90 Å². The van der Waals surface area contributed by atoms with Gasteiger partial charge in [0.15, 0.2) is 0 Å². The van der Waals surface area contributed by atoms with Gasteiger partial charge in [0, 0.05) is 64.6 Å². The molecule has 18 aromatic rings. The van der Waals surface area contributed by atoms with E-state index in [4.69, 9.17) is 0 Å². The highest BCUT2D eigenvalue weighted by Crippen LogP contribution is 2.43. The fourth-order valence-electron chi connectivity index (χ4n) is 13.5. The lowest BCUT2D eigenvalue weighted by molar-refractivity contribution is 1.19. The smallest absolute Gasteiger partial charge is 0.0620 e. The first-order valence-corrected chi connectivity index (χ1v) is 31.2. The maximum atomic E-state index is 3.57. The van der Waals surface area contributed by atoms with E-state index < -0.39 is 0 Å². The van der Waals surface area contributed by atoms with Crippen LogP contribution in [0.25, 0.3) is 121 Å². The lowest BCUT2D eigenvalue weighted by atomic mass is 9.98. The van der Waals surface area contributed by atoms with Gasteiger partial charge < -0.3 is 13.7 Å². The second kappa shape index (κ2) is 23.0. The van der Waals surface area contributed by atoms with Gasteiger partial charge in [-0.05, 0) is 147 Å². The molecule has 0 aliphatic carbocycles. The molecule has 3 nitrogen and oxygen atoms in total. The van der Waals surface area contributed by atoms with E-state index in [2.05, 4.69) is 369 Å². The Morgan fingerprint density at radius 1 is 0.225 bits per heavy atom. The van der Waals surface area contributed by atoms with E-state index in [0.29, 0.717) is 0 Å². The Morgan fingerprint density at radius 3 is 0.978 bits per heavy atom. The van der Waals surface area contributed by atoms with Gasteiger partial charge >= 0.3 is 0 Å². The molecule has 0 spiro atoms. The van der Waals surface area contributed by atoms with Crippen molar-refractivity contribution in [3.8, 4) is 44.5 Å². The number of fused-ring (bicyclic) bond motifs is 12. The van der Waals surface area contributed by atoms with Crippen molar-refractivity contribution < 1.29 is 0 Å². The fourth-order valence-corrected chi connectivity index (χ4v) is 13.9. The average Bonchev–Trinajstić information content (AvgIpc) is 1.59. The molecular weight excluding hydrogens is 1140 g/mol. The Labute approximate surface area is 525 Å². The topological polar surface area (TPSA) is 12.1 Å². The van der Waals surface area contributed by atoms with Crippen LogP contribution in [0.1, 0.15) is 11.1 Å². The highest BCUT2D eigenvalue weighted by atomic mass is 79.9. The molecule has 4 heteroatoms. The second-order valence-electron chi connectivity index (χ2n) is 22.9. The summed E-state index contributed by atoms with van der Waals surface area (Å²) in [6.45, 7) is 0. The zero-order valence-electron chi connectivity index (χ0n) is 48.8. The highest BCUT2D eigenvalue weighted by Gasteiger charge is 2.20. The van der Waals surface area contributed by atoms with Gasteiger partial charge in [0.2, 0.25) is 0 Å². The molecule has 14 aromatic carbocycles. The van der Waals surface area contributed by atoms with Gasteiger partial charge in [-0.2, -0.15) is 0 Å². The molecule has 18 rings (SSSR count). The molecule has 420 valence electrons. The maximum Gasteiger partial charge on any atom is 0.0620 e. The lowest BCUT2D eigenvalue weighted by Crippen LogP contribution is -2.09. The van der Waals surface area contributed by atoms with Crippen molar-refractivity contribution in [1.82, 2.24) is 8.80 Å². The molecule has 0 radical (unpaired) electrons. The van der Waals surface area contributed by atoms with Crippen LogP contribution in [0.3, 0.4) is 0 Å². The summed E-state index contributed by atoms with van der Waals surface area (Å²) in [5.74, 6) is 0. The highest BCUT2D eigenvalue weighted by molar-refractivity contribution is 9.10. The van der Waals surface area contributed by atoms with Gasteiger partial charge in [0.05, 0.1) is 33.1 Å². The Bertz CT molecular complexity index is 5420. The van der Waals surface area contributed by atoms with Crippen LogP contribution >= 0.6 is 15.9 Å². The summed E-state index contributed by atoms with van der Waals surface area (Å²) < 4.78 is 5.96. The SMILES string of the molecule is Brc1cccc(-c2ccc(-c3ccc4c(c3)c3cccc5c6ccccc6n4c53)cc2)c1.c1ccc(Cc2ccccc2)cc1.c1ccc(N(c2ccccc2)c2cccc(-c3ccc(-c4ccc5c(c4)c4cccc6c7ccccc7n5c64)cc3)c2)cc1. The third-order valence-corrected chi connectivity index (χ3v) is 18.1. The molecular formula is C85H58BrN3. The number of para-hydroxylation sites is 6. The van der Waals surface area contributed by atoms with Crippen LogP contribution in [0.15, 0.2) is 344 Å². The third-order valence-electron chi connectivity index (χ3n) is 17.6. The predicted molar refractivity (Wildman–Crippen MR) is 382 cm³/mol. The molecule has 0 saturated heterocycles. The maximum absolute atomic E-state index is 3.57. The van der Waals surface area contributed by atoms with Crippen LogP contribution in [0.5, 0.6) is 0 Å². The molecule has 0 aliphatic rings. The molecule has 89 heavy (non-hydrogen) atoms. The summed E-state index contributed by atoms with van der Waals surface area (Å²) in [4.78, 5) is 2.31. The second-order valence-corrected chi connectivity index (χ2v) is 23.9. The Hall–Kier alpha value is -11.0. The van der Waals surface area contributed by atoms with Gasteiger partial charge in [0.25, 0.3) is 0 Å². The number of hydrogen-bond acceptors (Lipinski definition) is 1. The van der Waals surface area contributed by atoms with E-state index in [1.54, 1.807) is 0 Å². The van der Waals surface area contributed by atoms with Gasteiger partial charge in [-0.1, -0.05) is 271 Å². The first-order valence-electron chi connectivity index (χ1n) is 30.5. The molecule has 4 heterocycles. The Morgan fingerprint density at radius 2 is 0.539 bits per heavy atom. The van der Waals surface area contributed by atoms with Gasteiger partial charge in [-0.3, -0.25) is 0 Å². The summed E-state index contributed by atoms with van der Waals surface area (Å²) in [5, 5.41) is 10.5. The van der Waals surface area contributed by atoms with Crippen molar-refractivity contribution in [3.05, 3.63) is 355 Å². The number of hydrogen-bond donors (Lipinski definition) is 0. The first kappa shape index (κ1) is 53.4. The molecule has 0 unspecified atom stereocenters. The van der Waals surface area contributed by atoms with E-state index in [0.717, 1.165) is 28.0 Å². The minimum atomic E-state index is 1.03. The van der Waals surface area contributed by atoms with Crippen LogP contribution in [0, 0.1) is 0 Å². The fraction of sp³-hybridized carbons (Fsp3) is 0.0118. The Kier molecular flexibility index (Phi) is 13.8. The number of rotatable bonds is 9. The monoisotopic (exact) mass is 1200 g/mol. The Balaban J connectivity index is 0.000000123. The van der Waals surface area contributed by atoms with Crippen LogP contribution in [0.2, 0.25) is 0 Å². The van der Waals surface area contributed by atoms with Crippen LogP contribution in [-0.2, 0) is 6.42 Å². The van der Waals surface area contributed by atoms with Crippen LogP contribution in [0.4, 0.5) is 17.1 Å². The van der Waals surface area contributed by atoms with Gasteiger partial charge in [-0.15, -0.1) is 0 Å². The predicted octanol–water partition coefficient (Wildman–Crippen LogP) is 23.9. The first-order chi connectivity index (χ1) is 44.1. The standard InChI is InChI=1S/C42H28N2.C30H18BrN.C13H12/c1-3-12-33(13-4-1)43(34-14-5-2-6-15-34)35-16-9-11-31(27-35)29-21-23-30(24-22-29)32-25-26-41-39(28-32)38-19-10-18-37-36-17-7-8-20-40(36)44(41)42(37)38;31-23-6-3-5-21(17-23)19-11-13-20(14-12-19)22-15-16-29-27(18-22)26-9-4-8-25-24-7-1-2-10-28(24)32(29)30(25)26;1-3-7-12(8-4-1)11-13-9-5-2-6-10-13/h1-28H;1-18H;1-10H,11H2. The molecule has 0 fully saturated rings. The summed E-state index contributed by atoms with van der Waals surface area (Å²) in [6, 6.07) is 122. The molecule has 0 atom stereocenters. The van der Waals surface area contributed by atoms with E-state index in [1.807, 2.05) is 0 Å². The van der Waals surface area contributed by atoms with E-state index in [9.17, 15) is 0 Å². The number of nitrogens with zero attached hydrogens (tertiary/aromatic N) is 3. The minimum absolute atomic E-state index is 1.03. The molecule has 4 aromatic heterocycles. The zero-order chi connectivity index (χ0) is 59.2. The number of benzene rings is 14. The largest absolute Gasteiger partial charge is 0.310 e. The van der Waals surface area contributed by atoms with E-state index >= 15 is 0 Å².